The van der Waals surface area contributed by atoms with Gasteiger partial charge in [-0.3, -0.25) is 0 Å². The third kappa shape index (κ3) is 2.59. The van der Waals surface area contributed by atoms with Gasteiger partial charge in [0.15, 0.2) is 0 Å². The van der Waals surface area contributed by atoms with E-state index < -0.39 is 0 Å². The molecule has 2 heteroatoms. The number of esters is 1. The summed E-state index contributed by atoms with van der Waals surface area (Å²) in [7, 11) is 0. The molecule has 2 rings (SSSR count). The second-order valence-electron chi connectivity index (χ2n) is 4.46. The summed E-state index contributed by atoms with van der Waals surface area (Å²) in [6.07, 6.45) is 0. The molecule has 0 spiro atoms. The van der Waals surface area contributed by atoms with E-state index in [9.17, 15) is 4.79 Å². The number of ether oxygens (including phenoxy) is 1. The van der Waals surface area contributed by atoms with E-state index in [4.69, 9.17) is 4.74 Å². The summed E-state index contributed by atoms with van der Waals surface area (Å²) >= 11 is 0. The molecule has 0 saturated carbocycles. The third-order valence-corrected chi connectivity index (χ3v) is 3.01. The third-order valence-electron chi connectivity index (χ3n) is 3.01. The highest BCUT2D eigenvalue weighted by Crippen LogP contribution is 2.21. The predicted octanol–water partition coefficient (Wildman–Crippen LogP) is 3.83. The predicted molar refractivity (Wildman–Crippen MR) is 72.1 cm³/mol. The van der Waals surface area contributed by atoms with Gasteiger partial charge in [0.25, 0.3) is 0 Å². The summed E-state index contributed by atoms with van der Waals surface area (Å²) in [6.45, 7) is 5.90. The molecule has 0 fully saturated rings. The van der Waals surface area contributed by atoms with Crippen molar-refractivity contribution in [3.05, 3.63) is 64.7 Å². The van der Waals surface area contributed by atoms with Crippen LogP contribution in [0.15, 0.2) is 42.5 Å². The average Bonchev–Trinajstić information content (AvgIpc) is 2.35. The van der Waals surface area contributed by atoms with Crippen molar-refractivity contribution in [1.29, 1.82) is 0 Å². The maximum absolute atomic E-state index is 12.0. The summed E-state index contributed by atoms with van der Waals surface area (Å²) in [6, 6.07) is 13.1. The molecule has 0 aliphatic heterocycles. The van der Waals surface area contributed by atoms with Gasteiger partial charge in [-0.05, 0) is 50.1 Å². The van der Waals surface area contributed by atoms with Crippen LogP contribution >= 0.6 is 0 Å². The molecule has 0 amide bonds. The number of rotatable bonds is 2. The fraction of sp³-hybridized carbons (Fsp3) is 0.188. The van der Waals surface area contributed by atoms with Crippen LogP contribution in [-0.4, -0.2) is 5.97 Å². The topological polar surface area (TPSA) is 26.3 Å². The average molecular weight is 240 g/mol. The molecule has 2 aromatic rings. The van der Waals surface area contributed by atoms with Crippen LogP contribution in [0, 0.1) is 20.8 Å². The van der Waals surface area contributed by atoms with E-state index in [0.717, 1.165) is 16.7 Å². The molecule has 2 aromatic carbocycles. The maximum Gasteiger partial charge on any atom is 0.343 e. The van der Waals surface area contributed by atoms with Gasteiger partial charge in [-0.15, -0.1) is 0 Å². The van der Waals surface area contributed by atoms with Gasteiger partial charge >= 0.3 is 5.97 Å². The van der Waals surface area contributed by atoms with Gasteiger partial charge in [0.05, 0.1) is 5.56 Å². The zero-order valence-electron chi connectivity index (χ0n) is 10.9. The van der Waals surface area contributed by atoms with Crippen molar-refractivity contribution in [1.82, 2.24) is 0 Å². The summed E-state index contributed by atoms with van der Waals surface area (Å²) in [5, 5.41) is 0. The van der Waals surface area contributed by atoms with Gasteiger partial charge in [-0.1, -0.05) is 29.8 Å². The normalized spacial score (nSPS) is 10.2. The molecule has 0 heterocycles. The molecule has 0 atom stereocenters. The number of benzene rings is 2. The summed E-state index contributed by atoms with van der Waals surface area (Å²) < 4.78 is 5.43. The minimum atomic E-state index is -0.313. The first kappa shape index (κ1) is 12.4. The lowest BCUT2D eigenvalue weighted by Gasteiger charge is -2.09. The zero-order chi connectivity index (χ0) is 13.1. The van der Waals surface area contributed by atoms with E-state index >= 15 is 0 Å². The lowest BCUT2D eigenvalue weighted by Crippen LogP contribution is -2.09. The van der Waals surface area contributed by atoms with Crippen molar-refractivity contribution in [2.24, 2.45) is 0 Å². The molecule has 2 nitrogen and oxygen atoms in total. The summed E-state index contributed by atoms with van der Waals surface area (Å²) in [4.78, 5) is 12.0. The molecular weight excluding hydrogens is 224 g/mol. The first-order chi connectivity index (χ1) is 8.58. The molecule has 0 saturated heterocycles. The molecule has 92 valence electrons. The highest BCUT2D eigenvalue weighted by molar-refractivity contribution is 5.91. The van der Waals surface area contributed by atoms with Crippen LogP contribution in [0.5, 0.6) is 5.75 Å². The lowest BCUT2D eigenvalue weighted by atomic mass is 10.1. The number of carbonyl (C=O) groups excluding carboxylic acids is 1. The monoisotopic (exact) mass is 240 g/mol. The first-order valence-corrected chi connectivity index (χ1v) is 5.93. The van der Waals surface area contributed by atoms with Gasteiger partial charge in [0.1, 0.15) is 5.75 Å². The Kier molecular flexibility index (Phi) is 3.47. The smallest absolute Gasteiger partial charge is 0.343 e. The van der Waals surface area contributed by atoms with Crippen molar-refractivity contribution in [3.63, 3.8) is 0 Å². The highest BCUT2D eigenvalue weighted by Gasteiger charge is 2.10. The Labute approximate surface area is 107 Å². The SMILES string of the molecule is Cc1cccc(C(=O)Oc2cccc(C)c2C)c1. The minimum Gasteiger partial charge on any atom is -0.423 e. The van der Waals surface area contributed by atoms with Crippen molar-refractivity contribution in [2.45, 2.75) is 20.8 Å². The molecule has 18 heavy (non-hydrogen) atoms. The van der Waals surface area contributed by atoms with Crippen molar-refractivity contribution >= 4 is 5.97 Å². The van der Waals surface area contributed by atoms with Crippen LogP contribution in [0.3, 0.4) is 0 Å². The Hall–Kier alpha value is -2.09. The van der Waals surface area contributed by atoms with Gasteiger partial charge in [0.2, 0.25) is 0 Å². The fourth-order valence-electron chi connectivity index (χ4n) is 1.77. The van der Waals surface area contributed by atoms with Crippen LogP contribution in [0.1, 0.15) is 27.0 Å². The molecule has 0 aliphatic rings. The standard InChI is InChI=1S/C16H16O2/c1-11-6-4-8-14(10-11)16(17)18-15-9-5-7-12(2)13(15)3/h4-10H,1-3H3. The quantitative estimate of drug-likeness (QED) is 0.589. The van der Waals surface area contributed by atoms with Crippen molar-refractivity contribution < 1.29 is 9.53 Å². The lowest BCUT2D eigenvalue weighted by molar-refractivity contribution is 0.0733. The zero-order valence-corrected chi connectivity index (χ0v) is 10.9. The Morgan fingerprint density at radius 1 is 1.00 bits per heavy atom. The second-order valence-corrected chi connectivity index (χ2v) is 4.46. The molecule has 0 aromatic heterocycles. The van der Waals surface area contributed by atoms with Crippen molar-refractivity contribution in [2.75, 3.05) is 0 Å². The summed E-state index contributed by atoms with van der Waals surface area (Å²) in [5.41, 5.74) is 3.74. The molecule has 0 aliphatic carbocycles. The summed E-state index contributed by atoms with van der Waals surface area (Å²) in [5.74, 6) is 0.314. The Balaban J connectivity index is 2.24. The van der Waals surface area contributed by atoms with E-state index in [-0.39, 0.29) is 5.97 Å². The van der Waals surface area contributed by atoms with E-state index in [2.05, 4.69) is 0 Å². The molecule has 0 N–H and O–H groups in total. The van der Waals surface area contributed by atoms with Crippen LogP contribution in [-0.2, 0) is 0 Å². The van der Waals surface area contributed by atoms with Crippen LogP contribution in [0.2, 0.25) is 0 Å². The van der Waals surface area contributed by atoms with Gasteiger partial charge < -0.3 is 4.74 Å². The fourth-order valence-corrected chi connectivity index (χ4v) is 1.77. The first-order valence-electron chi connectivity index (χ1n) is 5.93. The Morgan fingerprint density at radius 3 is 2.44 bits per heavy atom. The van der Waals surface area contributed by atoms with Gasteiger partial charge in [-0.25, -0.2) is 4.79 Å². The number of aryl methyl sites for hydroxylation is 2. The maximum atomic E-state index is 12.0. The van der Waals surface area contributed by atoms with E-state index in [1.165, 1.54) is 0 Å². The molecule has 0 radical (unpaired) electrons. The minimum absolute atomic E-state index is 0.313. The number of hydrogen-bond donors (Lipinski definition) is 0. The molecular formula is C16H16O2. The van der Waals surface area contributed by atoms with E-state index in [1.807, 2.05) is 57.2 Å². The molecule has 0 unspecified atom stereocenters. The van der Waals surface area contributed by atoms with Crippen LogP contribution in [0.4, 0.5) is 0 Å². The number of carbonyl (C=O) groups is 1. The van der Waals surface area contributed by atoms with Crippen molar-refractivity contribution in [3.8, 4) is 5.75 Å². The van der Waals surface area contributed by atoms with Crippen LogP contribution in [0.25, 0.3) is 0 Å². The van der Waals surface area contributed by atoms with Gasteiger partial charge in [0, 0.05) is 0 Å². The number of hydrogen-bond acceptors (Lipinski definition) is 2. The highest BCUT2D eigenvalue weighted by atomic mass is 16.5. The Morgan fingerprint density at radius 2 is 1.72 bits per heavy atom. The molecule has 0 bridgehead atoms. The van der Waals surface area contributed by atoms with E-state index in [0.29, 0.717) is 11.3 Å². The van der Waals surface area contributed by atoms with Gasteiger partial charge in [-0.2, -0.15) is 0 Å². The Bertz CT molecular complexity index is 585. The van der Waals surface area contributed by atoms with E-state index in [1.54, 1.807) is 6.07 Å². The largest absolute Gasteiger partial charge is 0.423 e. The van der Waals surface area contributed by atoms with Crippen LogP contribution < -0.4 is 4.74 Å². The second kappa shape index (κ2) is 5.05.